The molecule has 0 saturated heterocycles. The molecule has 0 radical (unpaired) electrons. The molecule has 3 aromatic heterocycles. The quantitative estimate of drug-likeness (QED) is 0.349. The van der Waals surface area contributed by atoms with Gasteiger partial charge in [-0.1, -0.05) is 18.2 Å². The van der Waals surface area contributed by atoms with E-state index in [9.17, 15) is 9.90 Å². The number of thiophene rings is 1. The van der Waals surface area contributed by atoms with Crippen LogP contribution in [0.15, 0.2) is 64.6 Å². The van der Waals surface area contributed by atoms with E-state index in [4.69, 9.17) is 9.73 Å². The highest BCUT2D eigenvalue weighted by molar-refractivity contribution is 7.19. The van der Waals surface area contributed by atoms with E-state index in [-0.39, 0.29) is 11.4 Å². The number of fused-ring (bicyclic) bond motifs is 4. The van der Waals surface area contributed by atoms with Crippen LogP contribution >= 0.6 is 11.3 Å². The molecule has 0 spiro atoms. The third-order valence-electron chi connectivity index (χ3n) is 6.48. The number of nitrogens with zero attached hydrogens (tertiary/aromatic N) is 4. The summed E-state index contributed by atoms with van der Waals surface area (Å²) in [6.07, 6.45) is 7.55. The molecule has 174 valence electrons. The first-order valence-electron chi connectivity index (χ1n) is 11.5. The number of hydrogen-bond donors (Lipinski definition) is 1. The van der Waals surface area contributed by atoms with Crippen LogP contribution in [0.1, 0.15) is 28.8 Å². The summed E-state index contributed by atoms with van der Waals surface area (Å²) >= 11 is 1.72. The van der Waals surface area contributed by atoms with E-state index in [0.29, 0.717) is 33.6 Å². The number of aryl methyl sites for hydroxylation is 2. The van der Waals surface area contributed by atoms with Crippen LogP contribution in [0.3, 0.4) is 0 Å². The Hall–Kier alpha value is -4.04. The van der Waals surface area contributed by atoms with Gasteiger partial charge in [0.15, 0.2) is 5.82 Å². The number of aromatic hydroxyl groups is 1. The van der Waals surface area contributed by atoms with Gasteiger partial charge in [-0.15, -0.1) is 11.3 Å². The summed E-state index contributed by atoms with van der Waals surface area (Å²) in [7, 11) is 1.58. The maximum absolute atomic E-state index is 13.3. The molecule has 0 atom stereocenters. The van der Waals surface area contributed by atoms with Crippen molar-refractivity contribution in [3.8, 4) is 17.3 Å². The van der Waals surface area contributed by atoms with Crippen LogP contribution in [0, 0.1) is 0 Å². The normalized spacial score (nSPS) is 13.5. The van der Waals surface area contributed by atoms with Crippen molar-refractivity contribution in [2.75, 3.05) is 7.11 Å². The first kappa shape index (κ1) is 21.5. The average molecular weight is 483 g/mol. The smallest absolute Gasteiger partial charge is 0.265 e. The van der Waals surface area contributed by atoms with Crippen molar-refractivity contribution in [3.63, 3.8) is 0 Å². The standard InChI is InChI=1S/C27H22N4O3S/c1-34-17-12-10-16(11-13-17)31-26(32)19-7-3-2-6-18(19)21(27(31)33)14-28-24-23-20-8-4-5-9-22(20)35-25(23)30-15-29-24/h2-3,6-7,10-15,33H,4-5,8-9H2,1H3/b28-14+. The molecule has 3 heterocycles. The summed E-state index contributed by atoms with van der Waals surface area (Å²) in [5.74, 6) is 1.07. The fourth-order valence-corrected chi connectivity index (χ4v) is 5.98. The average Bonchev–Trinajstić information content (AvgIpc) is 3.28. The van der Waals surface area contributed by atoms with Crippen molar-refractivity contribution in [2.24, 2.45) is 4.99 Å². The van der Waals surface area contributed by atoms with Crippen molar-refractivity contribution in [1.82, 2.24) is 14.5 Å². The lowest BCUT2D eigenvalue weighted by Gasteiger charge is -2.14. The minimum atomic E-state index is -0.309. The molecule has 0 saturated carbocycles. The topological polar surface area (TPSA) is 89.6 Å². The summed E-state index contributed by atoms with van der Waals surface area (Å²) < 4.78 is 6.53. The molecule has 0 unspecified atom stereocenters. The molecule has 8 heteroatoms. The third-order valence-corrected chi connectivity index (χ3v) is 7.68. The second-order valence-corrected chi connectivity index (χ2v) is 9.55. The first-order valence-corrected chi connectivity index (χ1v) is 12.3. The number of ether oxygens (including phenoxy) is 1. The molecule has 1 aliphatic rings. The van der Waals surface area contributed by atoms with Crippen LogP contribution in [0.4, 0.5) is 5.82 Å². The monoisotopic (exact) mass is 482 g/mol. The van der Waals surface area contributed by atoms with Gasteiger partial charge >= 0.3 is 0 Å². The van der Waals surface area contributed by atoms with Crippen LogP contribution in [0.25, 0.3) is 26.7 Å². The minimum Gasteiger partial charge on any atom is -0.497 e. The molecular formula is C27H22N4O3S. The van der Waals surface area contributed by atoms with Gasteiger partial charge in [0.1, 0.15) is 16.9 Å². The Morgan fingerprint density at radius 2 is 1.83 bits per heavy atom. The molecule has 1 N–H and O–H groups in total. The molecule has 5 aromatic rings. The Kier molecular flexibility index (Phi) is 5.30. The van der Waals surface area contributed by atoms with E-state index in [0.717, 1.165) is 29.5 Å². The van der Waals surface area contributed by atoms with E-state index in [1.165, 1.54) is 27.8 Å². The highest BCUT2D eigenvalue weighted by atomic mass is 32.1. The van der Waals surface area contributed by atoms with Gasteiger partial charge in [-0.3, -0.25) is 4.79 Å². The molecular weight excluding hydrogens is 460 g/mol. The summed E-state index contributed by atoms with van der Waals surface area (Å²) in [6, 6.07) is 14.2. The van der Waals surface area contributed by atoms with Crippen molar-refractivity contribution in [2.45, 2.75) is 25.7 Å². The molecule has 0 aliphatic heterocycles. The molecule has 1 aliphatic carbocycles. The number of aromatic nitrogens is 3. The van der Waals surface area contributed by atoms with Crippen molar-refractivity contribution in [3.05, 3.63) is 81.2 Å². The van der Waals surface area contributed by atoms with E-state index in [1.54, 1.807) is 55.0 Å². The molecule has 35 heavy (non-hydrogen) atoms. The Labute approximate surface area is 205 Å². The van der Waals surface area contributed by atoms with Crippen molar-refractivity contribution >= 4 is 44.4 Å². The molecule has 6 rings (SSSR count). The van der Waals surface area contributed by atoms with Crippen LogP contribution < -0.4 is 10.3 Å². The Bertz CT molecular complexity index is 1670. The molecule has 0 amide bonds. The van der Waals surface area contributed by atoms with E-state index >= 15 is 0 Å². The number of methoxy groups -OCH3 is 1. The van der Waals surface area contributed by atoms with Crippen LogP contribution in [-0.2, 0) is 12.8 Å². The zero-order chi connectivity index (χ0) is 23.9. The highest BCUT2D eigenvalue weighted by Gasteiger charge is 2.20. The number of hydrogen-bond acceptors (Lipinski definition) is 7. The number of pyridine rings is 1. The number of aliphatic imine (C=N–C) groups is 1. The minimum absolute atomic E-state index is 0.180. The second kappa shape index (κ2) is 8.63. The molecule has 2 aromatic carbocycles. The van der Waals surface area contributed by atoms with E-state index < -0.39 is 0 Å². The van der Waals surface area contributed by atoms with Gasteiger partial charge in [0, 0.05) is 21.9 Å². The Balaban J connectivity index is 1.55. The molecule has 0 fully saturated rings. The highest BCUT2D eigenvalue weighted by Crippen LogP contribution is 2.39. The third kappa shape index (κ3) is 3.57. The lowest BCUT2D eigenvalue weighted by Crippen LogP contribution is -2.20. The van der Waals surface area contributed by atoms with Gasteiger partial charge in [0.2, 0.25) is 5.88 Å². The zero-order valence-corrected chi connectivity index (χ0v) is 19.9. The van der Waals surface area contributed by atoms with Gasteiger partial charge in [-0.2, -0.15) is 0 Å². The van der Waals surface area contributed by atoms with E-state index in [1.807, 2.05) is 18.2 Å². The predicted molar refractivity (Wildman–Crippen MR) is 139 cm³/mol. The summed E-state index contributed by atoms with van der Waals surface area (Å²) in [5.41, 5.74) is 1.97. The summed E-state index contributed by atoms with van der Waals surface area (Å²) in [4.78, 5) is 29.3. The van der Waals surface area contributed by atoms with Gasteiger partial charge in [-0.25, -0.2) is 19.5 Å². The van der Waals surface area contributed by atoms with Crippen molar-refractivity contribution < 1.29 is 9.84 Å². The van der Waals surface area contributed by atoms with Gasteiger partial charge in [-0.05, 0) is 61.6 Å². The van der Waals surface area contributed by atoms with Crippen LogP contribution in [-0.4, -0.2) is 33.0 Å². The van der Waals surface area contributed by atoms with Crippen LogP contribution in [0.5, 0.6) is 11.6 Å². The number of rotatable bonds is 4. The Morgan fingerprint density at radius 3 is 2.63 bits per heavy atom. The SMILES string of the molecule is COc1ccc(-n2c(O)c(/C=N/c3ncnc4sc5c(c34)CCCC5)c3ccccc3c2=O)cc1. The Morgan fingerprint density at radius 1 is 1.06 bits per heavy atom. The maximum atomic E-state index is 13.3. The van der Waals surface area contributed by atoms with Crippen molar-refractivity contribution in [1.29, 1.82) is 0 Å². The number of benzene rings is 2. The molecule has 7 nitrogen and oxygen atoms in total. The summed E-state index contributed by atoms with van der Waals surface area (Å²) in [5, 5.41) is 13.4. The zero-order valence-electron chi connectivity index (χ0n) is 19.1. The van der Waals surface area contributed by atoms with E-state index in [2.05, 4.69) is 9.97 Å². The fraction of sp³-hybridized carbons (Fsp3) is 0.185. The van der Waals surface area contributed by atoms with Gasteiger partial charge in [0.25, 0.3) is 5.56 Å². The fourth-order valence-electron chi connectivity index (χ4n) is 4.76. The lowest BCUT2D eigenvalue weighted by molar-refractivity contribution is 0.414. The molecule has 0 bridgehead atoms. The second-order valence-electron chi connectivity index (χ2n) is 8.47. The largest absolute Gasteiger partial charge is 0.497 e. The van der Waals surface area contributed by atoms with Gasteiger partial charge < -0.3 is 9.84 Å². The lowest BCUT2D eigenvalue weighted by atomic mass is 9.97. The first-order chi connectivity index (χ1) is 17.2. The maximum Gasteiger partial charge on any atom is 0.265 e. The predicted octanol–water partition coefficient (Wildman–Crippen LogP) is 5.34. The van der Waals surface area contributed by atoms with Gasteiger partial charge in [0.05, 0.1) is 23.7 Å². The summed E-state index contributed by atoms with van der Waals surface area (Å²) in [6.45, 7) is 0. The van der Waals surface area contributed by atoms with Crippen LogP contribution in [0.2, 0.25) is 0 Å².